The van der Waals surface area contributed by atoms with Gasteiger partial charge in [-0.15, -0.1) is 0 Å². The van der Waals surface area contributed by atoms with Gasteiger partial charge in [-0.2, -0.15) is 0 Å². The highest BCUT2D eigenvalue weighted by Gasteiger charge is 2.13. The molecule has 7 heteroatoms. The summed E-state index contributed by atoms with van der Waals surface area (Å²) in [5.41, 5.74) is 7.05. The molecule has 2 aromatic rings. The van der Waals surface area contributed by atoms with Crippen molar-refractivity contribution in [2.24, 2.45) is 5.73 Å². The van der Waals surface area contributed by atoms with Crippen molar-refractivity contribution in [2.75, 3.05) is 31.5 Å². The molecule has 1 aliphatic rings. The third-order valence-corrected chi connectivity index (χ3v) is 4.43. The number of hydrogen-bond acceptors (Lipinski definition) is 5. The molecule has 3 rings (SSSR count). The number of carbonyl (C=O) groups excluding carboxylic acids is 2. The zero-order valence-corrected chi connectivity index (χ0v) is 14.7. The summed E-state index contributed by atoms with van der Waals surface area (Å²) in [7, 11) is 0. The molecule has 0 atom stereocenters. The predicted molar refractivity (Wildman–Crippen MR) is 99.0 cm³/mol. The molecule has 0 bridgehead atoms. The highest BCUT2D eigenvalue weighted by molar-refractivity contribution is 6.04. The van der Waals surface area contributed by atoms with E-state index < -0.39 is 0 Å². The Bertz CT molecular complexity index is 748. The van der Waals surface area contributed by atoms with Crippen LogP contribution in [-0.2, 0) is 6.54 Å². The van der Waals surface area contributed by atoms with E-state index in [0.29, 0.717) is 29.1 Å². The molecule has 1 aliphatic heterocycles. The minimum atomic E-state index is -0.281. The van der Waals surface area contributed by atoms with Crippen molar-refractivity contribution in [1.82, 2.24) is 10.2 Å². The topological polar surface area (TPSA) is 101 Å². The molecule has 0 spiro atoms. The molecule has 0 radical (unpaired) electrons. The van der Waals surface area contributed by atoms with Gasteiger partial charge in [0, 0.05) is 24.3 Å². The Labute approximate surface area is 152 Å². The van der Waals surface area contributed by atoms with Crippen molar-refractivity contribution in [3.63, 3.8) is 0 Å². The molecular formula is C19H24N4O3. The second kappa shape index (κ2) is 8.64. The van der Waals surface area contributed by atoms with Gasteiger partial charge in [-0.1, -0.05) is 0 Å². The summed E-state index contributed by atoms with van der Waals surface area (Å²) in [5.74, 6) is 0.164. The maximum Gasteiger partial charge on any atom is 0.258 e. The molecule has 1 aromatic heterocycles. The number of nitrogens with one attached hydrogen (secondary N) is 2. The number of rotatable bonds is 7. The van der Waals surface area contributed by atoms with Gasteiger partial charge in [0.05, 0.1) is 12.1 Å². The van der Waals surface area contributed by atoms with Gasteiger partial charge in [-0.3, -0.25) is 9.59 Å². The number of furan rings is 1. The standard InChI is InChI=1S/C19H24N4O3/c20-12-17-11-15(13-26-17)19(25)22-16-5-3-14(4-6-16)18(24)21-7-10-23-8-1-2-9-23/h3-6,11,13H,1-2,7-10,12,20H2,(H,21,24)(H,22,25). The Kier molecular flexibility index (Phi) is 6.04. The van der Waals surface area contributed by atoms with E-state index in [1.807, 2.05) is 0 Å². The van der Waals surface area contributed by atoms with Crippen LogP contribution in [0.25, 0.3) is 0 Å². The SMILES string of the molecule is NCc1cc(C(=O)Nc2ccc(C(=O)NCCN3CCCC3)cc2)co1. The van der Waals surface area contributed by atoms with Gasteiger partial charge in [-0.05, 0) is 56.3 Å². The molecular weight excluding hydrogens is 332 g/mol. The van der Waals surface area contributed by atoms with Crippen LogP contribution in [0, 0.1) is 0 Å². The van der Waals surface area contributed by atoms with Crippen molar-refractivity contribution in [2.45, 2.75) is 19.4 Å². The van der Waals surface area contributed by atoms with E-state index in [0.717, 1.165) is 19.6 Å². The lowest BCUT2D eigenvalue weighted by Crippen LogP contribution is -2.33. The maximum absolute atomic E-state index is 12.2. The lowest BCUT2D eigenvalue weighted by atomic mass is 10.2. The van der Waals surface area contributed by atoms with Crippen molar-refractivity contribution in [3.05, 3.63) is 53.5 Å². The Hall–Kier alpha value is -2.64. The van der Waals surface area contributed by atoms with Gasteiger partial charge < -0.3 is 25.7 Å². The van der Waals surface area contributed by atoms with Crippen LogP contribution >= 0.6 is 0 Å². The third kappa shape index (κ3) is 4.71. The first-order valence-electron chi connectivity index (χ1n) is 8.85. The monoisotopic (exact) mass is 356 g/mol. The smallest absolute Gasteiger partial charge is 0.258 e. The van der Waals surface area contributed by atoms with Crippen LogP contribution in [0.1, 0.15) is 39.3 Å². The van der Waals surface area contributed by atoms with E-state index in [4.69, 9.17) is 10.2 Å². The highest BCUT2D eigenvalue weighted by Crippen LogP contribution is 2.13. The number of hydrogen-bond donors (Lipinski definition) is 3. The van der Waals surface area contributed by atoms with Crippen LogP contribution in [-0.4, -0.2) is 42.9 Å². The minimum Gasteiger partial charge on any atom is -0.467 e. The minimum absolute atomic E-state index is 0.107. The van der Waals surface area contributed by atoms with Gasteiger partial charge in [-0.25, -0.2) is 0 Å². The number of carbonyl (C=O) groups is 2. The van der Waals surface area contributed by atoms with Gasteiger partial charge in [0.1, 0.15) is 12.0 Å². The van der Waals surface area contributed by atoms with Crippen LogP contribution < -0.4 is 16.4 Å². The molecule has 1 saturated heterocycles. The van der Waals surface area contributed by atoms with E-state index in [9.17, 15) is 9.59 Å². The third-order valence-electron chi connectivity index (χ3n) is 4.43. The number of likely N-dealkylation sites (tertiary alicyclic amines) is 1. The number of anilines is 1. The predicted octanol–water partition coefficient (Wildman–Crippen LogP) is 1.82. The molecule has 2 heterocycles. The molecule has 26 heavy (non-hydrogen) atoms. The first kappa shape index (κ1) is 18.2. The number of nitrogens with zero attached hydrogens (tertiary/aromatic N) is 1. The molecule has 1 fully saturated rings. The van der Waals surface area contributed by atoms with Crippen LogP contribution in [0.3, 0.4) is 0 Å². The number of nitrogens with two attached hydrogens (primary N) is 1. The average molecular weight is 356 g/mol. The van der Waals surface area contributed by atoms with Crippen molar-refractivity contribution < 1.29 is 14.0 Å². The largest absolute Gasteiger partial charge is 0.467 e. The van der Waals surface area contributed by atoms with Crippen LogP contribution in [0.5, 0.6) is 0 Å². The lowest BCUT2D eigenvalue weighted by Gasteiger charge is -2.14. The van der Waals surface area contributed by atoms with Gasteiger partial charge in [0.15, 0.2) is 0 Å². The van der Waals surface area contributed by atoms with Gasteiger partial charge in [0.25, 0.3) is 11.8 Å². The van der Waals surface area contributed by atoms with E-state index in [-0.39, 0.29) is 18.4 Å². The molecule has 0 aliphatic carbocycles. The summed E-state index contributed by atoms with van der Waals surface area (Å²) in [4.78, 5) is 26.7. The van der Waals surface area contributed by atoms with Crippen molar-refractivity contribution in [3.8, 4) is 0 Å². The van der Waals surface area contributed by atoms with Crippen LogP contribution in [0.4, 0.5) is 5.69 Å². The van der Waals surface area contributed by atoms with E-state index in [1.165, 1.54) is 19.1 Å². The molecule has 138 valence electrons. The molecule has 1 aromatic carbocycles. The zero-order chi connectivity index (χ0) is 18.4. The summed E-state index contributed by atoms with van der Waals surface area (Å²) >= 11 is 0. The van der Waals surface area contributed by atoms with Crippen LogP contribution in [0.2, 0.25) is 0 Å². The summed E-state index contributed by atoms with van der Waals surface area (Å²) < 4.78 is 5.16. The summed E-state index contributed by atoms with van der Waals surface area (Å²) in [5, 5.41) is 5.69. The summed E-state index contributed by atoms with van der Waals surface area (Å²) in [6.45, 7) is 4.01. The van der Waals surface area contributed by atoms with E-state index >= 15 is 0 Å². The van der Waals surface area contributed by atoms with E-state index in [1.54, 1.807) is 30.3 Å². The average Bonchev–Trinajstić information content (AvgIpc) is 3.34. The van der Waals surface area contributed by atoms with Gasteiger partial charge in [0.2, 0.25) is 0 Å². The van der Waals surface area contributed by atoms with E-state index in [2.05, 4.69) is 15.5 Å². The second-order valence-corrected chi connectivity index (χ2v) is 6.34. The quantitative estimate of drug-likeness (QED) is 0.702. The zero-order valence-electron chi connectivity index (χ0n) is 14.7. The first-order valence-corrected chi connectivity index (χ1v) is 8.85. The fourth-order valence-electron chi connectivity index (χ4n) is 2.95. The second-order valence-electron chi connectivity index (χ2n) is 6.34. The highest BCUT2D eigenvalue weighted by atomic mass is 16.3. The van der Waals surface area contributed by atoms with Crippen LogP contribution in [0.15, 0.2) is 41.0 Å². The maximum atomic E-state index is 12.2. The number of benzene rings is 1. The number of amides is 2. The Morgan fingerprint density at radius 3 is 2.46 bits per heavy atom. The molecule has 0 unspecified atom stereocenters. The molecule has 2 amide bonds. The summed E-state index contributed by atoms with van der Waals surface area (Å²) in [6, 6.07) is 8.41. The van der Waals surface area contributed by atoms with Gasteiger partial charge >= 0.3 is 0 Å². The molecule has 0 saturated carbocycles. The Morgan fingerprint density at radius 2 is 1.81 bits per heavy atom. The fourth-order valence-corrected chi connectivity index (χ4v) is 2.95. The Balaban J connectivity index is 1.49. The molecule has 4 N–H and O–H groups in total. The first-order chi connectivity index (χ1) is 12.7. The lowest BCUT2D eigenvalue weighted by molar-refractivity contribution is 0.0949. The fraction of sp³-hybridized carbons (Fsp3) is 0.368. The molecule has 7 nitrogen and oxygen atoms in total. The van der Waals surface area contributed by atoms with Crippen molar-refractivity contribution >= 4 is 17.5 Å². The Morgan fingerprint density at radius 1 is 1.08 bits per heavy atom. The van der Waals surface area contributed by atoms with Crippen molar-refractivity contribution in [1.29, 1.82) is 0 Å². The summed E-state index contributed by atoms with van der Waals surface area (Å²) in [6.07, 6.45) is 3.86. The normalized spacial score (nSPS) is 14.3.